The highest BCUT2D eigenvalue weighted by molar-refractivity contribution is 5.94. The van der Waals surface area contributed by atoms with Gasteiger partial charge in [0.15, 0.2) is 0 Å². The molecule has 7 heteroatoms. The van der Waals surface area contributed by atoms with Crippen LogP contribution in [0.15, 0.2) is 24.3 Å². The fourth-order valence-electron chi connectivity index (χ4n) is 3.92. The second kappa shape index (κ2) is 8.50. The quantitative estimate of drug-likeness (QED) is 0.759. The third-order valence-corrected chi connectivity index (χ3v) is 5.48. The number of methoxy groups -OCH3 is 1. The summed E-state index contributed by atoms with van der Waals surface area (Å²) in [5.74, 6) is -1.08. The first-order valence-corrected chi connectivity index (χ1v) is 9.44. The van der Waals surface area contributed by atoms with Crippen molar-refractivity contribution in [1.82, 2.24) is 9.80 Å². The topological polar surface area (TPSA) is 66.9 Å². The number of carbonyl (C=O) groups excluding carboxylic acids is 3. The van der Waals surface area contributed by atoms with Gasteiger partial charge < -0.3 is 14.5 Å². The number of carbonyl (C=O) groups is 3. The predicted molar refractivity (Wildman–Crippen MR) is 96.4 cm³/mol. The van der Waals surface area contributed by atoms with Crippen molar-refractivity contribution < 1.29 is 23.5 Å². The number of likely N-dealkylation sites (tertiary alicyclic amines) is 2. The summed E-state index contributed by atoms with van der Waals surface area (Å²) in [6.45, 7) is 1.53. The van der Waals surface area contributed by atoms with Crippen molar-refractivity contribution in [1.29, 1.82) is 0 Å². The van der Waals surface area contributed by atoms with Crippen LogP contribution in [0.25, 0.3) is 0 Å². The number of halogens is 1. The van der Waals surface area contributed by atoms with Crippen LogP contribution in [0.5, 0.6) is 0 Å². The van der Waals surface area contributed by atoms with E-state index in [0.29, 0.717) is 44.5 Å². The van der Waals surface area contributed by atoms with Gasteiger partial charge in [-0.3, -0.25) is 9.59 Å². The molecule has 2 aliphatic rings. The zero-order valence-electron chi connectivity index (χ0n) is 15.5. The van der Waals surface area contributed by atoms with E-state index in [9.17, 15) is 18.8 Å². The molecular formula is C20H25FN2O4. The van der Waals surface area contributed by atoms with Crippen molar-refractivity contribution >= 4 is 17.8 Å². The number of nitrogens with zero attached hydrogens (tertiary/aromatic N) is 2. The van der Waals surface area contributed by atoms with Crippen molar-refractivity contribution in [3.05, 3.63) is 35.6 Å². The molecule has 146 valence electrons. The molecule has 0 aliphatic carbocycles. The molecule has 0 spiro atoms. The third-order valence-electron chi connectivity index (χ3n) is 5.48. The third kappa shape index (κ3) is 4.28. The Kier molecular flexibility index (Phi) is 6.08. The van der Waals surface area contributed by atoms with Gasteiger partial charge >= 0.3 is 5.97 Å². The Balaban J connectivity index is 1.59. The highest BCUT2D eigenvalue weighted by Crippen LogP contribution is 2.26. The fraction of sp³-hybridized carbons (Fsp3) is 0.550. The van der Waals surface area contributed by atoms with Crippen molar-refractivity contribution in [3.8, 4) is 0 Å². The average molecular weight is 376 g/mol. The van der Waals surface area contributed by atoms with E-state index in [1.165, 1.54) is 31.4 Å². The predicted octanol–water partition coefficient (Wildman–Crippen LogP) is 2.23. The fourth-order valence-corrected chi connectivity index (χ4v) is 3.92. The highest BCUT2D eigenvalue weighted by atomic mass is 19.1. The smallest absolute Gasteiger partial charge is 0.328 e. The number of benzene rings is 1. The molecule has 1 atom stereocenters. The molecule has 1 aromatic carbocycles. The minimum absolute atomic E-state index is 0.0148. The summed E-state index contributed by atoms with van der Waals surface area (Å²) in [4.78, 5) is 40.8. The van der Waals surface area contributed by atoms with E-state index in [4.69, 9.17) is 4.74 Å². The van der Waals surface area contributed by atoms with Gasteiger partial charge in [-0.25, -0.2) is 9.18 Å². The maximum Gasteiger partial charge on any atom is 0.328 e. The summed E-state index contributed by atoms with van der Waals surface area (Å²) < 4.78 is 17.9. The van der Waals surface area contributed by atoms with Gasteiger partial charge in [-0.1, -0.05) is 0 Å². The SMILES string of the molecule is COC(=O)C1CCCCN1C(=O)C1CCN(C(=O)c2ccc(F)cc2)CC1. The molecule has 2 aliphatic heterocycles. The number of ether oxygens (including phenoxy) is 1. The Morgan fingerprint density at radius 3 is 2.30 bits per heavy atom. The maximum absolute atomic E-state index is 13.0. The van der Waals surface area contributed by atoms with Crippen molar-refractivity contribution in [3.63, 3.8) is 0 Å². The molecule has 2 amide bonds. The largest absolute Gasteiger partial charge is 0.467 e. The van der Waals surface area contributed by atoms with Crippen molar-refractivity contribution in [2.45, 2.75) is 38.1 Å². The number of amides is 2. The van der Waals surface area contributed by atoms with Gasteiger partial charge in [0.2, 0.25) is 5.91 Å². The van der Waals surface area contributed by atoms with Crippen LogP contribution in [0.4, 0.5) is 4.39 Å². The molecule has 0 saturated carbocycles. The van der Waals surface area contributed by atoms with Crippen molar-refractivity contribution in [2.24, 2.45) is 5.92 Å². The first-order chi connectivity index (χ1) is 13.0. The molecule has 27 heavy (non-hydrogen) atoms. The van der Waals surface area contributed by atoms with Gasteiger partial charge in [0.05, 0.1) is 7.11 Å². The molecule has 6 nitrogen and oxygen atoms in total. The summed E-state index contributed by atoms with van der Waals surface area (Å²) in [7, 11) is 1.35. The number of rotatable bonds is 3. The van der Waals surface area contributed by atoms with Crippen LogP contribution in [0, 0.1) is 11.7 Å². The van der Waals surface area contributed by atoms with Gasteiger partial charge in [0.1, 0.15) is 11.9 Å². The monoisotopic (exact) mass is 376 g/mol. The van der Waals surface area contributed by atoms with E-state index in [2.05, 4.69) is 0 Å². The van der Waals surface area contributed by atoms with Gasteiger partial charge in [-0.15, -0.1) is 0 Å². The van der Waals surface area contributed by atoms with Crippen LogP contribution in [-0.4, -0.2) is 60.4 Å². The summed E-state index contributed by atoms with van der Waals surface area (Å²) in [5, 5.41) is 0. The van der Waals surface area contributed by atoms with E-state index in [-0.39, 0.29) is 29.5 Å². The molecule has 1 unspecified atom stereocenters. The second-order valence-corrected chi connectivity index (χ2v) is 7.14. The molecule has 2 heterocycles. The average Bonchev–Trinajstić information content (AvgIpc) is 2.73. The minimum atomic E-state index is -0.491. The first kappa shape index (κ1) is 19.3. The molecule has 2 fully saturated rings. The number of esters is 1. The Morgan fingerprint density at radius 1 is 1.00 bits per heavy atom. The van der Waals surface area contributed by atoms with E-state index in [0.717, 1.165) is 12.8 Å². The van der Waals surface area contributed by atoms with Crippen molar-refractivity contribution in [2.75, 3.05) is 26.7 Å². The Labute approximate surface area is 158 Å². The molecule has 0 aromatic heterocycles. The molecule has 1 aromatic rings. The lowest BCUT2D eigenvalue weighted by Gasteiger charge is -2.38. The Bertz CT molecular complexity index is 698. The van der Waals surface area contributed by atoms with Crippen LogP contribution in [0.1, 0.15) is 42.5 Å². The van der Waals surface area contributed by atoms with Crippen LogP contribution in [-0.2, 0) is 14.3 Å². The molecule has 3 rings (SSSR count). The van der Waals surface area contributed by atoms with Crippen LogP contribution in [0.2, 0.25) is 0 Å². The summed E-state index contributed by atoms with van der Waals surface area (Å²) in [6.07, 6.45) is 3.57. The van der Waals surface area contributed by atoms with Gasteiger partial charge in [0, 0.05) is 31.1 Å². The van der Waals surface area contributed by atoms with Gasteiger partial charge in [-0.05, 0) is 56.4 Å². The normalized spacial score (nSPS) is 21.0. The van der Waals surface area contributed by atoms with Crippen LogP contribution in [0.3, 0.4) is 0 Å². The lowest BCUT2D eigenvalue weighted by atomic mass is 9.92. The zero-order valence-corrected chi connectivity index (χ0v) is 15.5. The second-order valence-electron chi connectivity index (χ2n) is 7.14. The minimum Gasteiger partial charge on any atom is -0.467 e. The van der Waals surface area contributed by atoms with Gasteiger partial charge in [-0.2, -0.15) is 0 Å². The zero-order chi connectivity index (χ0) is 19.4. The van der Waals surface area contributed by atoms with E-state index >= 15 is 0 Å². The lowest BCUT2D eigenvalue weighted by molar-refractivity contribution is -0.156. The molecule has 0 radical (unpaired) electrons. The Hall–Kier alpha value is -2.44. The number of hydrogen-bond acceptors (Lipinski definition) is 4. The van der Waals surface area contributed by atoms with Crippen LogP contribution < -0.4 is 0 Å². The molecule has 2 saturated heterocycles. The van der Waals surface area contributed by atoms with Gasteiger partial charge in [0.25, 0.3) is 5.91 Å². The summed E-state index contributed by atoms with van der Waals surface area (Å²) in [5.41, 5.74) is 0.447. The van der Waals surface area contributed by atoms with Crippen LogP contribution >= 0.6 is 0 Å². The first-order valence-electron chi connectivity index (χ1n) is 9.44. The van der Waals surface area contributed by atoms with E-state index < -0.39 is 6.04 Å². The molecular weight excluding hydrogens is 351 g/mol. The van der Waals surface area contributed by atoms with E-state index in [1.54, 1.807) is 9.80 Å². The number of hydrogen-bond donors (Lipinski definition) is 0. The molecule has 0 bridgehead atoms. The molecule has 0 N–H and O–H groups in total. The maximum atomic E-state index is 13.0. The number of piperidine rings is 2. The Morgan fingerprint density at radius 2 is 1.67 bits per heavy atom. The summed E-state index contributed by atoms with van der Waals surface area (Å²) in [6, 6.07) is 5.00. The van der Waals surface area contributed by atoms with E-state index in [1.807, 2.05) is 0 Å². The highest BCUT2D eigenvalue weighted by Gasteiger charge is 2.37. The lowest BCUT2D eigenvalue weighted by Crippen LogP contribution is -2.52. The summed E-state index contributed by atoms with van der Waals surface area (Å²) >= 11 is 0. The standard InChI is InChI=1S/C20H25FN2O4/c1-27-20(26)17-4-2-3-11-23(17)19(25)15-9-12-22(13-10-15)18(24)14-5-7-16(21)8-6-14/h5-8,15,17H,2-4,9-13H2,1H3.